The number of nitrogens with one attached hydrogen (secondary N) is 1. The van der Waals surface area contributed by atoms with Gasteiger partial charge >= 0.3 is 0 Å². The second kappa shape index (κ2) is 9.43. The molecule has 0 aliphatic carbocycles. The number of carbonyl (C=O) groups is 1. The van der Waals surface area contributed by atoms with Crippen LogP contribution in [0.3, 0.4) is 0 Å². The zero-order chi connectivity index (χ0) is 20.8. The van der Waals surface area contributed by atoms with Gasteiger partial charge in [-0.1, -0.05) is 29.4 Å². The van der Waals surface area contributed by atoms with E-state index in [0.717, 1.165) is 43.5 Å². The molecule has 1 N–H and O–H groups in total. The second-order valence-corrected chi connectivity index (χ2v) is 8.29. The third-order valence-electron chi connectivity index (χ3n) is 6.18. The van der Waals surface area contributed by atoms with E-state index >= 15 is 0 Å². The molecule has 0 unspecified atom stereocenters. The molecule has 1 atom stereocenters. The van der Waals surface area contributed by atoms with Crippen LogP contribution in [0.2, 0.25) is 0 Å². The summed E-state index contributed by atoms with van der Waals surface area (Å²) in [5.74, 6) is 0.115. The van der Waals surface area contributed by atoms with Gasteiger partial charge in [0.15, 0.2) is 0 Å². The fourth-order valence-corrected chi connectivity index (χ4v) is 4.39. The van der Waals surface area contributed by atoms with E-state index in [1.807, 2.05) is 22.9 Å². The standard InChI is InChI=1S/C23H30N4O3/c1-18-5-2-3-6-20(18)21-15-19(30-26-21)16-23(7-13-29-14-8-23)22(28)25-9-4-11-27-12-10-24-17-27/h2-3,5-6,10,12,17,19H,4,7-9,11,13-16H2,1H3,(H,25,28)/t19-/m1/s1. The van der Waals surface area contributed by atoms with E-state index < -0.39 is 5.41 Å². The largest absolute Gasteiger partial charge is 0.392 e. The molecule has 0 radical (unpaired) electrons. The average Bonchev–Trinajstić information content (AvgIpc) is 3.44. The summed E-state index contributed by atoms with van der Waals surface area (Å²) >= 11 is 0. The van der Waals surface area contributed by atoms with E-state index in [2.05, 4.69) is 34.5 Å². The molecule has 1 aromatic heterocycles. The van der Waals surface area contributed by atoms with Gasteiger partial charge in [-0.3, -0.25) is 4.79 Å². The number of amides is 1. The highest BCUT2D eigenvalue weighted by Crippen LogP contribution is 2.38. The van der Waals surface area contributed by atoms with Gasteiger partial charge in [-0.25, -0.2) is 4.98 Å². The molecule has 0 saturated carbocycles. The van der Waals surface area contributed by atoms with Gasteiger partial charge in [0.2, 0.25) is 5.91 Å². The van der Waals surface area contributed by atoms with Crippen LogP contribution in [-0.4, -0.2) is 47.0 Å². The van der Waals surface area contributed by atoms with E-state index in [1.54, 1.807) is 12.5 Å². The van der Waals surface area contributed by atoms with Crippen molar-refractivity contribution in [1.29, 1.82) is 0 Å². The van der Waals surface area contributed by atoms with Gasteiger partial charge in [0.05, 0.1) is 17.5 Å². The lowest BCUT2D eigenvalue weighted by atomic mass is 9.74. The van der Waals surface area contributed by atoms with E-state index in [4.69, 9.17) is 9.57 Å². The van der Waals surface area contributed by atoms with Gasteiger partial charge in [-0.15, -0.1) is 0 Å². The first-order valence-corrected chi connectivity index (χ1v) is 10.8. The predicted octanol–water partition coefficient (Wildman–Crippen LogP) is 3.08. The molecular weight excluding hydrogens is 380 g/mol. The van der Waals surface area contributed by atoms with E-state index in [1.165, 1.54) is 5.56 Å². The zero-order valence-corrected chi connectivity index (χ0v) is 17.5. The SMILES string of the molecule is Cc1ccccc1C1=NO[C@@H](CC2(C(=O)NCCCn3ccnc3)CCOCC2)C1. The fraction of sp³-hybridized carbons (Fsp3) is 0.522. The van der Waals surface area contributed by atoms with E-state index in [-0.39, 0.29) is 12.0 Å². The molecule has 30 heavy (non-hydrogen) atoms. The number of hydrogen-bond donors (Lipinski definition) is 1. The maximum absolute atomic E-state index is 13.2. The number of oxime groups is 1. The topological polar surface area (TPSA) is 77.7 Å². The van der Waals surface area contributed by atoms with Crippen LogP contribution in [0, 0.1) is 12.3 Å². The van der Waals surface area contributed by atoms with Crippen molar-refractivity contribution in [3.8, 4) is 0 Å². The van der Waals surface area contributed by atoms with E-state index in [0.29, 0.717) is 26.2 Å². The average molecular weight is 411 g/mol. The van der Waals surface area contributed by atoms with Gasteiger partial charge in [0.1, 0.15) is 6.10 Å². The minimum atomic E-state index is -0.450. The number of nitrogens with zero attached hydrogens (tertiary/aromatic N) is 3. The predicted molar refractivity (Wildman–Crippen MR) is 114 cm³/mol. The van der Waals surface area contributed by atoms with Gasteiger partial charge in [-0.05, 0) is 31.7 Å². The van der Waals surface area contributed by atoms with Crippen molar-refractivity contribution >= 4 is 11.6 Å². The molecule has 2 aromatic rings. The van der Waals surface area contributed by atoms with Gasteiger partial charge in [0, 0.05) is 57.1 Å². The summed E-state index contributed by atoms with van der Waals surface area (Å²) in [5, 5.41) is 7.51. The number of benzene rings is 1. The lowest BCUT2D eigenvalue weighted by Crippen LogP contribution is -2.47. The summed E-state index contributed by atoms with van der Waals surface area (Å²) in [4.78, 5) is 23.0. The smallest absolute Gasteiger partial charge is 0.226 e. The van der Waals surface area contributed by atoms with Crippen molar-refractivity contribution in [1.82, 2.24) is 14.9 Å². The Morgan fingerprint density at radius 2 is 2.13 bits per heavy atom. The first-order valence-electron chi connectivity index (χ1n) is 10.8. The third-order valence-corrected chi connectivity index (χ3v) is 6.18. The number of imidazole rings is 1. The highest BCUT2D eigenvalue weighted by molar-refractivity contribution is 6.02. The molecule has 1 aromatic carbocycles. The molecule has 0 bridgehead atoms. The zero-order valence-electron chi connectivity index (χ0n) is 17.5. The number of carbonyl (C=O) groups excluding carboxylic acids is 1. The monoisotopic (exact) mass is 410 g/mol. The fourth-order valence-electron chi connectivity index (χ4n) is 4.39. The summed E-state index contributed by atoms with van der Waals surface area (Å²) < 4.78 is 7.58. The second-order valence-electron chi connectivity index (χ2n) is 8.29. The number of aryl methyl sites for hydroxylation is 2. The van der Waals surface area contributed by atoms with Gasteiger partial charge < -0.3 is 19.5 Å². The molecular formula is C23H30N4O3. The van der Waals surface area contributed by atoms with Crippen LogP contribution in [0.4, 0.5) is 0 Å². The molecule has 1 amide bonds. The summed E-state index contributed by atoms with van der Waals surface area (Å²) in [5.41, 5.74) is 2.84. The molecule has 2 aliphatic rings. The first-order chi connectivity index (χ1) is 14.7. The number of ether oxygens (including phenoxy) is 1. The highest BCUT2D eigenvalue weighted by Gasteiger charge is 2.43. The lowest BCUT2D eigenvalue weighted by molar-refractivity contribution is -0.140. The number of hydrogen-bond acceptors (Lipinski definition) is 5. The van der Waals surface area contributed by atoms with Crippen molar-refractivity contribution < 1.29 is 14.4 Å². The van der Waals surface area contributed by atoms with Crippen LogP contribution in [-0.2, 0) is 20.9 Å². The third kappa shape index (κ3) is 4.73. The first kappa shape index (κ1) is 20.6. The minimum absolute atomic E-state index is 0.0746. The maximum atomic E-state index is 13.2. The van der Waals surface area contributed by atoms with Gasteiger partial charge in [0.25, 0.3) is 0 Å². The van der Waals surface area contributed by atoms with Crippen molar-refractivity contribution in [2.45, 2.75) is 51.7 Å². The summed E-state index contributed by atoms with van der Waals surface area (Å²) in [6.07, 6.45) is 9.15. The van der Waals surface area contributed by atoms with Crippen LogP contribution in [0.5, 0.6) is 0 Å². The Kier molecular flexibility index (Phi) is 6.47. The van der Waals surface area contributed by atoms with Crippen molar-refractivity contribution in [3.63, 3.8) is 0 Å². The lowest BCUT2D eigenvalue weighted by Gasteiger charge is -2.37. The van der Waals surface area contributed by atoms with Crippen LogP contribution < -0.4 is 5.32 Å². The summed E-state index contributed by atoms with van der Waals surface area (Å²) in [6, 6.07) is 8.22. The van der Waals surface area contributed by atoms with Crippen LogP contribution in [0.15, 0.2) is 48.1 Å². The Hall–Kier alpha value is -2.67. The molecule has 7 nitrogen and oxygen atoms in total. The van der Waals surface area contributed by atoms with Gasteiger partial charge in [-0.2, -0.15) is 0 Å². The maximum Gasteiger partial charge on any atom is 0.226 e. The Labute approximate surface area is 177 Å². The van der Waals surface area contributed by atoms with Crippen LogP contribution >= 0.6 is 0 Å². The Bertz CT molecular complexity index is 872. The molecule has 3 heterocycles. The van der Waals surface area contributed by atoms with Crippen molar-refractivity contribution in [3.05, 3.63) is 54.1 Å². The molecule has 7 heteroatoms. The Morgan fingerprint density at radius 1 is 1.30 bits per heavy atom. The molecule has 0 spiro atoms. The molecule has 4 rings (SSSR count). The summed E-state index contributed by atoms with van der Waals surface area (Å²) in [7, 11) is 0. The molecule has 2 aliphatic heterocycles. The molecule has 1 fully saturated rings. The van der Waals surface area contributed by atoms with Crippen molar-refractivity contribution in [2.24, 2.45) is 10.6 Å². The normalized spacial score (nSPS) is 20.4. The molecule has 160 valence electrons. The van der Waals surface area contributed by atoms with E-state index in [9.17, 15) is 4.79 Å². The van der Waals surface area contributed by atoms with Crippen molar-refractivity contribution in [2.75, 3.05) is 19.8 Å². The van der Waals surface area contributed by atoms with Crippen LogP contribution in [0.1, 0.15) is 43.2 Å². The quantitative estimate of drug-likeness (QED) is 0.679. The Morgan fingerprint density at radius 3 is 2.90 bits per heavy atom. The summed E-state index contributed by atoms with van der Waals surface area (Å²) in [6.45, 7) is 4.80. The molecule has 1 saturated heterocycles. The Balaban J connectivity index is 1.34. The van der Waals surface area contributed by atoms with Crippen LogP contribution in [0.25, 0.3) is 0 Å². The highest BCUT2D eigenvalue weighted by atomic mass is 16.6. The number of rotatable bonds is 8. The number of aromatic nitrogens is 2. The minimum Gasteiger partial charge on any atom is -0.392 e.